The molecule has 0 saturated carbocycles. The molecule has 2 amide bonds. The quantitative estimate of drug-likeness (QED) is 0.710. The Balaban J connectivity index is 1.41. The molecule has 27 heavy (non-hydrogen) atoms. The fourth-order valence-electron chi connectivity index (χ4n) is 3.07. The molecule has 1 saturated heterocycles. The van der Waals surface area contributed by atoms with Gasteiger partial charge in [-0.3, -0.25) is 14.7 Å². The molecule has 0 bridgehead atoms. The molecule has 2 N–H and O–H groups in total. The van der Waals surface area contributed by atoms with Gasteiger partial charge in [0.15, 0.2) is 5.82 Å². The van der Waals surface area contributed by atoms with Crippen molar-refractivity contribution in [3.05, 3.63) is 47.8 Å². The van der Waals surface area contributed by atoms with Gasteiger partial charge in [-0.2, -0.15) is 5.10 Å². The zero-order valence-corrected chi connectivity index (χ0v) is 15.5. The normalized spacial score (nSPS) is 16.6. The number of rotatable bonds is 5. The van der Waals surface area contributed by atoms with Crippen LogP contribution in [0.2, 0.25) is 0 Å². The maximum absolute atomic E-state index is 12.6. The number of aromatic nitrogens is 2. The first kappa shape index (κ1) is 17.3. The zero-order chi connectivity index (χ0) is 18.8. The second kappa shape index (κ2) is 7.24. The van der Waals surface area contributed by atoms with Gasteiger partial charge in [0.2, 0.25) is 11.8 Å². The highest BCUT2D eigenvalue weighted by atomic mass is 32.1. The molecule has 0 spiro atoms. The van der Waals surface area contributed by atoms with Crippen LogP contribution in [0.1, 0.15) is 6.42 Å². The van der Waals surface area contributed by atoms with Gasteiger partial charge >= 0.3 is 0 Å². The van der Waals surface area contributed by atoms with E-state index < -0.39 is 5.92 Å². The van der Waals surface area contributed by atoms with E-state index in [2.05, 4.69) is 15.5 Å². The van der Waals surface area contributed by atoms with Crippen molar-refractivity contribution in [3.63, 3.8) is 0 Å². The lowest BCUT2D eigenvalue weighted by Gasteiger charge is -2.16. The average Bonchev–Trinajstić information content (AvgIpc) is 3.42. The molecule has 4 rings (SSSR count). The van der Waals surface area contributed by atoms with Crippen LogP contribution >= 0.6 is 11.3 Å². The molecule has 0 radical (unpaired) electrons. The Labute approximate surface area is 160 Å². The van der Waals surface area contributed by atoms with E-state index in [1.54, 1.807) is 41.5 Å². The minimum Gasteiger partial charge on any atom is -0.497 e. The molecule has 3 heterocycles. The van der Waals surface area contributed by atoms with Crippen LogP contribution in [-0.4, -0.2) is 35.7 Å². The summed E-state index contributed by atoms with van der Waals surface area (Å²) >= 11 is 1.59. The molecule has 0 aliphatic carbocycles. The molecule has 1 aliphatic rings. The van der Waals surface area contributed by atoms with Crippen LogP contribution in [0.15, 0.2) is 47.8 Å². The molecule has 1 unspecified atom stereocenters. The molecular weight excluding hydrogens is 364 g/mol. The molecule has 1 aromatic carbocycles. The van der Waals surface area contributed by atoms with Gasteiger partial charge in [0.25, 0.3) is 0 Å². The summed E-state index contributed by atoms with van der Waals surface area (Å²) in [4.78, 5) is 27.6. The lowest BCUT2D eigenvalue weighted by Crippen LogP contribution is -2.28. The molecular formula is C19H18N4O3S. The Morgan fingerprint density at radius 3 is 2.85 bits per heavy atom. The number of thiophene rings is 1. The van der Waals surface area contributed by atoms with Gasteiger partial charge in [0.1, 0.15) is 5.75 Å². The lowest BCUT2D eigenvalue weighted by molar-refractivity contribution is -0.122. The summed E-state index contributed by atoms with van der Waals surface area (Å²) in [6.07, 6.45) is 0.181. The number of anilines is 2. The maximum atomic E-state index is 12.6. The highest BCUT2D eigenvalue weighted by Gasteiger charge is 2.35. The monoisotopic (exact) mass is 382 g/mol. The summed E-state index contributed by atoms with van der Waals surface area (Å²) in [7, 11) is 1.59. The van der Waals surface area contributed by atoms with Crippen molar-refractivity contribution in [1.29, 1.82) is 0 Å². The van der Waals surface area contributed by atoms with E-state index in [-0.39, 0.29) is 18.2 Å². The Morgan fingerprint density at radius 1 is 1.33 bits per heavy atom. The first-order chi connectivity index (χ1) is 13.1. The minimum absolute atomic E-state index is 0.0679. The molecule has 1 atom stereocenters. The van der Waals surface area contributed by atoms with Crippen molar-refractivity contribution in [3.8, 4) is 16.3 Å². The second-order valence-electron chi connectivity index (χ2n) is 6.24. The summed E-state index contributed by atoms with van der Waals surface area (Å²) in [6, 6.07) is 13.0. The maximum Gasteiger partial charge on any atom is 0.231 e. The molecule has 3 aromatic rings. The van der Waals surface area contributed by atoms with Crippen molar-refractivity contribution >= 4 is 34.7 Å². The molecule has 2 aromatic heterocycles. The van der Waals surface area contributed by atoms with Gasteiger partial charge in [-0.1, -0.05) is 6.07 Å². The number of nitrogens with one attached hydrogen (secondary N) is 2. The predicted octanol–water partition coefficient (Wildman–Crippen LogP) is 3.14. The number of ether oxygens (including phenoxy) is 1. The van der Waals surface area contributed by atoms with E-state index in [0.29, 0.717) is 12.4 Å². The van der Waals surface area contributed by atoms with Gasteiger partial charge in [-0.15, -0.1) is 11.3 Å². The van der Waals surface area contributed by atoms with E-state index in [0.717, 1.165) is 22.0 Å². The zero-order valence-electron chi connectivity index (χ0n) is 14.6. The highest BCUT2D eigenvalue weighted by molar-refractivity contribution is 7.13. The standard InChI is InChI=1S/C19H18N4O3S/c1-26-14-6-4-13(5-7-14)23-11-12(9-18(23)24)19(25)20-17-10-15(21-22-17)16-3-2-8-27-16/h2-8,10,12H,9,11H2,1H3,(H2,20,21,22,25). The molecule has 1 fully saturated rings. The van der Waals surface area contributed by atoms with Crippen LogP contribution in [0.5, 0.6) is 5.75 Å². The smallest absolute Gasteiger partial charge is 0.231 e. The van der Waals surface area contributed by atoms with Crippen LogP contribution in [0.4, 0.5) is 11.5 Å². The van der Waals surface area contributed by atoms with Crippen molar-refractivity contribution < 1.29 is 14.3 Å². The van der Waals surface area contributed by atoms with Crippen molar-refractivity contribution in [2.45, 2.75) is 6.42 Å². The van der Waals surface area contributed by atoms with Crippen molar-refractivity contribution in [2.75, 3.05) is 23.9 Å². The van der Waals surface area contributed by atoms with Gasteiger partial charge < -0.3 is 15.0 Å². The largest absolute Gasteiger partial charge is 0.497 e. The fraction of sp³-hybridized carbons (Fsp3) is 0.211. The number of methoxy groups -OCH3 is 1. The Kier molecular flexibility index (Phi) is 4.64. The van der Waals surface area contributed by atoms with Gasteiger partial charge in [-0.25, -0.2) is 0 Å². The molecule has 7 nitrogen and oxygen atoms in total. The minimum atomic E-state index is -0.415. The Bertz CT molecular complexity index is 950. The number of hydrogen-bond acceptors (Lipinski definition) is 5. The highest BCUT2D eigenvalue weighted by Crippen LogP contribution is 2.28. The predicted molar refractivity (Wildman–Crippen MR) is 104 cm³/mol. The van der Waals surface area contributed by atoms with E-state index in [1.165, 1.54) is 0 Å². The summed E-state index contributed by atoms with van der Waals surface area (Å²) in [5, 5.41) is 11.8. The van der Waals surface area contributed by atoms with Gasteiger partial charge in [0, 0.05) is 24.7 Å². The van der Waals surface area contributed by atoms with E-state index in [9.17, 15) is 9.59 Å². The van der Waals surface area contributed by atoms with E-state index >= 15 is 0 Å². The lowest BCUT2D eigenvalue weighted by atomic mass is 10.1. The van der Waals surface area contributed by atoms with Crippen LogP contribution in [-0.2, 0) is 9.59 Å². The van der Waals surface area contributed by atoms with E-state index in [1.807, 2.05) is 29.6 Å². The van der Waals surface area contributed by atoms with Crippen LogP contribution in [0.25, 0.3) is 10.6 Å². The summed E-state index contributed by atoms with van der Waals surface area (Å²) in [5.41, 5.74) is 1.61. The van der Waals surface area contributed by atoms with Crippen LogP contribution < -0.4 is 15.0 Å². The first-order valence-corrected chi connectivity index (χ1v) is 9.36. The number of benzene rings is 1. The summed E-state index contributed by atoms with van der Waals surface area (Å²) in [6.45, 7) is 0.346. The number of amides is 2. The van der Waals surface area contributed by atoms with Gasteiger partial charge in [0.05, 0.1) is 23.6 Å². The Morgan fingerprint density at radius 2 is 2.15 bits per heavy atom. The van der Waals surface area contributed by atoms with Crippen molar-refractivity contribution in [1.82, 2.24) is 10.2 Å². The average molecular weight is 382 g/mol. The number of H-pyrrole nitrogens is 1. The number of aromatic amines is 1. The number of carbonyl (C=O) groups excluding carboxylic acids is 2. The molecule has 1 aliphatic heterocycles. The number of carbonyl (C=O) groups is 2. The third-order valence-corrected chi connectivity index (χ3v) is 5.40. The topological polar surface area (TPSA) is 87.3 Å². The first-order valence-electron chi connectivity index (χ1n) is 8.48. The third kappa shape index (κ3) is 3.56. The second-order valence-corrected chi connectivity index (χ2v) is 7.18. The van der Waals surface area contributed by atoms with E-state index in [4.69, 9.17) is 4.74 Å². The third-order valence-electron chi connectivity index (χ3n) is 4.50. The summed E-state index contributed by atoms with van der Waals surface area (Å²) < 4.78 is 5.14. The summed E-state index contributed by atoms with van der Waals surface area (Å²) in [5.74, 6) is 0.491. The van der Waals surface area contributed by atoms with Crippen molar-refractivity contribution in [2.24, 2.45) is 5.92 Å². The van der Waals surface area contributed by atoms with Crippen LogP contribution in [0, 0.1) is 5.92 Å². The number of hydrogen-bond donors (Lipinski definition) is 2. The molecule has 138 valence electrons. The SMILES string of the molecule is COc1ccc(N2CC(C(=O)Nc3cc(-c4cccs4)[nH]n3)CC2=O)cc1. The molecule has 8 heteroatoms. The number of nitrogens with zero attached hydrogens (tertiary/aromatic N) is 2. The Hall–Kier alpha value is -3.13. The van der Waals surface area contributed by atoms with Gasteiger partial charge in [-0.05, 0) is 35.7 Å². The van der Waals surface area contributed by atoms with Crippen LogP contribution in [0.3, 0.4) is 0 Å². The fourth-order valence-corrected chi connectivity index (χ4v) is 3.76.